The molecule has 0 amide bonds. The third-order valence-electron chi connectivity index (χ3n) is 4.90. The Hall–Kier alpha value is -2.27. The van der Waals surface area contributed by atoms with E-state index in [1.165, 1.54) is 19.2 Å². The monoisotopic (exact) mass is 547 g/mol. The maximum atomic E-state index is 14.2. The molecule has 0 aliphatic carbocycles. The first-order chi connectivity index (χ1) is 15.1. The van der Waals surface area contributed by atoms with Gasteiger partial charge >= 0.3 is 11.4 Å². The van der Waals surface area contributed by atoms with Crippen molar-refractivity contribution in [1.29, 1.82) is 0 Å². The van der Waals surface area contributed by atoms with E-state index < -0.39 is 35.8 Å². The molecule has 2 heterocycles. The van der Waals surface area contributed by atoms with E-state index in [0.717, 1.165) is 4.57 Å². The molecule has 12 heteroatoms. The number of rotatable bonds is 5. The molecule has 7 nitrogen and oxygen atoms in total. The zero-order chi connectivity index (χ0) is 23.2. The Kier molecular flexibility index (Phi) is 6.15. The summed E-state index contributed by atoms with van der Waals surface area (Å²) < 4.78 is 41.5. The fourth-order valence-electron chi connectivity index (χ4n) is 3.59. The van der Waals surface area contributed by atoms with Crippen molar-refractivity contribution in [3.8, 4) is 11.4 Å². The van der Waals surface area contributed by atoms with Gasteiger partial charge in [0.2, 0.25) is 5.82 Å². The van der Waals surface area contributed by atoms with Gasteiger partial charge in [0.05, 0.1) is 23.7 Å². The third kappa shape index (κ3) is 4.07. The normalized spacial score (nSPS) is 17.9. The summed E-state index contributed by atoms with van der Waals surface area (Å²) in [5, 5.41) is 13.2. The van der Waals surface area contributed by atoms with Gasteiger partial charge in [-0.1, -0.05) is 23.7 Å². The molecule has 2 aromatic carbocycles. The Morgan fingerprint density at radius 2 is 2.06 bits per heavy atom. The van der Waals surface area contributed by atoms with E-state index in [0.29, 0.717) is 26.4 Å². The molecular formula is C20H14BrCl2F2N3O4. The van der Waals surface area contributed by atoms with Gasteiger partial charge in [0.15, 0.2) is 5.82 Å². The van der Waals surface area contributed by atoms with E-state index in [4.69, 9.17) is 32.7 Å². The van der Waals surface area contributed by atoms with Crippen LogP contribution in [0.1, 0.15) is 41.4 Å². The molecule has 168 valence electrons. The maximum Gasteiger partial charge on any atom is 0.382 e. The standard InChI is InChI=1S/C20H14BrCl2F2N3O4/c1-31-13-4-2-3-10(16(13)21)17-11-7-9(22)5-6-12(11)28-18(14(32-17)8-15(29)30)26-27-19(28)20(23,24)25/h2-7,14,17H,8H2,1H3,(H,29,30)/t14-,17-/m1/s1. The Morgan fingerprint density at radius 1 is 1.31 bits per heavy atom. The van der Waals surface area contributed by atoms with Crippen LogP contribution < -0.4 is 4.74 Å². The summed E-state index contributed by atoms with van der Waals surface area (Å²) in [5.74, 6) is -1.69. The Bertz CT molecular complexity index is 1200. The van der Waals surface area contributed by atoms with Gasteiger partial charge in [-0.25, -0.2) is 0 Å². The molecule has 1 aliphatic heterocycles. The van der Waals surface area contributed by atoms with Crippen molar-refractivity contribution in [2.24, 2.45) is 0 Å². The van der Waals surface area contributed by atoms with E-state index in [-0.39, 0.29) is 11.5 Å². The summed E-state index contributed by atoms with van der Waals surface area (Å²) in [7, 11) is 1.49. The van der Waals surface area contributed by atoms with E-state index in [1.807, 2.05) is 0 Å². The van der Waals surface area contributed by atoms with Crippen molar-refractivity contribution in [2.45, 2.75) is 24.0 Å². The first-order valence-electron chi connectivity index (χ1n) is 9.13. The summed E-state index contributed by atoms with van der Waals surface area (Å²) in [6.07, 6.45) is -2.68. The van der Waals surface area contributed by atoms with Crippen LogP contribution in [0, 0.1) is 0 Å². The largest absolute Gasteiger partial charge is 0.496 e. The molecule has 32 heavy (non-hydrogen) atoms. The van der Waals surface area contributed by atoms with Crippen molar-refractivity contribution in [2.75, 3.05) is 7.11 Å². The number of carboxylic acid groups (broad SMARTS) is 1. The molecule has 0 bridgehead atoms. The molecule has 1 aromatic heterocycles. The van der Waals surface area contributed by atoms with Crippen LogP contribution in [-0.4, -0.2) is 33.0 Å². The van der Waals surface area contributed by atoms with Gasteiger partial charge in [0.1, 0.15) is 18.0 Å². The van der Waals surface area contributed by atoms with Gasteiger partial charge in [0, 0.05) is 16.1 Å². The Labute approximate surface area is 199 Å². The molecule has 1 aliphatic rings. The van der Waals surface area contributed by atoms with Crippen LogP contribution in [0.5, 0.6) is 5.75 Å². The first-order valence-corrected chi connectivity index (χ1v) is 10.7. The van der Waals surface area contributed by atoms with Crippen molar-refractivity contribution >= 4 is 45.1 Å². The molecule has 0 spiro atoms. The molecular weight excluding hydrogens is 535 g/mol. The summed E-state index contributed by atoms with van der Waals surface area (Å²) in [6, 6.07) is 9.75. The van der Waals surface area contributed by atoms with E-state index in [1.54, 1.807) is 24.3 Å². The fraction of sp³-hybridized carbons (Fsp3) is 0.250. The molecule has 3 aromatic rings. The van der Waals surface area contributed by atoms with Crippen LogP contribution >= 0.6 is 39.1 Å². The second-order valence-corrected chi connectivity index (χ2v) is 8.59. The average Bonchev–Trinajstić information content (AvgIpc) is 3.12. The number of hydrogen-bond acceptors (Lipinski definition) is 5. The summed E-state index contributed by atoms with van der Waals surface area (Å²) >= 11 is 15.0. The zero-order valence-corrected chi connectivity index (χ0v) is 19.3. The number of hydrogen-bond donors (Lipinski definition) is 1. The van der Waals surface area contributed by atoms with Gasteiger partial charge in [-0.2, -0.15) is 8.78 Å². The predicted octanol–water partition coefficient (Wildman–Crippen LogP) is 5.62. The van der Waals surface area contributed by atoms with Gasteiger partial charge in [-0.15, -0.1) is 10.2 Å². The summed E-state index contributed by atoms with van der Waals surface area (Å²) in [6.45, 7) is 0. The lowest BCUT2D eigenvalue weighted by molar-refractivity contribution is -0.141. The van der Waals surface area contributed by atoms with Gasteiger partial charge in [-0.05, 0) is 51.8 Å². The minimum atomic E-state index is -3.87. The zero-order valence-electron chi connectivity index (χ0n) is 16.2. The lowest BCUT2D eigenvalue weighted by Gasteiger charge is -2.23. The second kappa shape index (κ2) is 8.58. The molecule has 0 saturated heterocycles. The van der Waals surface area contributed by atoms with Gasteiger partial charge in [-0.3, -0.25) is 9.36 Å². The number of carbonyl (C=O) groups is 1. The van der Waals surface area contributed by atoms with Crippen molar-refractivity contribution in [3.63, 3.8) is 0 Å². The van der Waals surface area contributed by atoms with Gasteiger partial charge in [0.25, 0.3) is 0 Å². The van der Waals surface area contributed by atoms with Gasteiger partial charge < -0.3 is 14.6 Å². The number of carboxylic acids is 1. The van der Waals surface area contributed by atoms with E-state index >= 15 is 0 Å². The molecule has 0 saturated carbocycles. The molecule has 0 unspecified atom stereocenters. The number of alkyl halides is 3. The van der Waals surface area contributed by atoms with Crippen molar-refractivity contribution in [1.82, 2.24) is 14.8 Å². The molecule has 2 atom stereocenters. The number of methoxy groups -OCH3 is 1. The highest BCUT2D eigenvalue weighted by atomic mass is 79.9. The quantitative estimate of drug-likeness (QED) is 0.417. The van der Waals surface area contributed by atoms with Crippen LogP contribution in [-0.2, 0) is 14.9 Å². The smallest absolute Gasteiger partial charge is 0.382 e. The van der Waals surface area contributed by atoms with Crippen molar-refractivity contribution < 1.29 is 28.2 Å². The average molecular weight is 549 g/mol. The first kappa shape index (κ1) is 22.9. The van der Waals surface area contributed by atoms with Crippen molar-refractivity contribution in [3.05, 3.63) is 68.7 Å². The lowest BCUT2D eigenvalue weighted by atomic mass is 9.99. The van der Waals surface area contributed by atoms with E-state index in [2.05, 4.69) is 26.1 Å². The topological polar surface area (TPSA) is 86.5 Å². The highest BCUT2D eigenvalue weighted by Crippen LogP contribution is 2.46. The number of nitrogens with zero attached hydrogens (tertiary/aromatic N) is 3. The number of halogens is 5. The van der Waals surface area contributed by atoms with Crippen LogP contribution in [0.4, 0.5) is 8.78 Å². The highest BCUT2D eigenvalue weighted by molar-refractivity contribution is 9.10. The van der Waals surface area contributed by atoms with Crippen LogP contribution in [0.3, 0.4) is 0 Å². The number of fused-ring (bicyclic) bond motifs is 3. The second-order valence-electron chi connectivity index (χ2n) is 6.88. The molecule has 0 radical (unpaired) electrons. The number of benzene rings is 2. The van der Waals surface area contributed by atoms with Crippen LogP contribution in [0.2, 0.25) is 5.02 Å². The minimum Gasteiger partial charge on any atom is -0.496 e. The molecule has 0 fully saturated rings. The van der Waals surface area contributed by atoms with E-state index in [9.17, 15) is 18.7 Å². The van der Waals surface area contributed by atoms with Crippen LogP contribution in [0.15, 0.2) is 40.9 Å². The summed E-state index contributed by atoms with van der Waals surface area (Å²) in [4.78, 5) is 11.6. The Morgan fingerprint density at radius 3 is 2.72 bits per heavy atom. The predicted molar refractivity (Wildman–Crippen MR) is 115 cm³/mol. The maximum absolute atomic E-state index is 14.2. The summed E-state index contributed by atoms with van der Waals surface area (Å²) in [5.41, 5.74) is 1.20. The number of aliphatic carboxylic acids is 1. The SMILES string of the molecule is COc1cccc([C@H]2O[C@H](CC(=O)O)c3nnc(C(F)(F)Cl)n3-c3ccc(Cl)cc32)c1Br. The Balaban J connectivity index is 2.03. The number of aromatic nitrogens is 3. The van der Waals surface area contributed by atoms with Crippen LogP contribution in [0.25, 0.3) is 5.69 Å². The molecule has 4 rings (SSSR count). The molecule has 1 N–H and O–H groups in total. The fourth-order valence-corrected chi connectivity index (χ4v) is 4.53. The number of ether oxygens (including phenoxy) is 2. The third-order valence-corrected chi connectivity index (χ3v) is 6.15. The lowest BCUT2D eigenvalue weighted by Crippen LogP contribution is -2.17. The highest BCUT2D eigenvalue weighted by Gasteiger charge is 2.42. The minimum absolute atomic E-state index is 0.118.